The van der Waals surface area contributed by atoms with Gasteiger partial charge in [0.15, 0.2) is 5.96 Å². The minimum atomic E-state index is -0.180. The van der Waals surface area contributed by atoms with E-state index in [0.717, 1.165) is 54.8 Å². The lowest BCUT2D eigenvalue weighted by Gasteiger charge is -2.34. The van der Waals surface area contributed by atoms with Crippen molar-refractivity contribution < 1.29 is 4.39 Å². The number of guanidine groups is 1. The smallest absolute Gasteiger partial charge is 0.191 e. The molecule has 3 rings (SSSR count). The number of anilines is 1. The zero-order valence-corrected chi connectivity index (χ0v) is 21.4. The summed E-state index contributed by atoms with van der Waals surface area (Å²) in [7, 11) is 0. The molecule has 0 spiro atoms. The van der Waals surface area contributed by atoms with Gasteiger partial charge < -0.3 is 15.5 Å². The lowest BCUT2D eigenvalue weighted by Crippen LogP contribution is -2.48. The molecule has 1 aromatic carbocycles. The highest BCUT2D eigenvalue weighted by Gasteiger charge is 2.21. The first-order chi connectivity index (χ1) is 13.8. The third-order valence-corrected chi connectivity index (χ3v) is 5.88. The van der Waals surface area contributed by atoms with Crippen molar-refractivity contribution in [3.05, 3.63) is 46.2 Å². The van der Waals surface area contributed by atoms with Crippen molar-refractivity contribution in [1.82, 2.24) is 15.6 Å². The largest absolute Gasteiger partial charge is 0.371 e. The Morgan fingerprint density at radius 2 is 2.03 bits per heavy atom. The second-order valence-electron chi connectivity index (χ2n) is 8.46. The quantitative estimate of drug-likeness (QED) is 0.318. The Balaban J connectivity index is 0.00000320. The molecule has 30 heavy (non-hydrogen) atoms. The summed E-state index contributed by atoms with van der Waals surface area (Å²) in [6.45, 7) is 11.8. The molecule has 0 atom stereocenters. The zero-order valence-electron chi connectivity index (χ0n) is 18.2. The molecule has 8 heteroatoms. The third-order valence-electron chi connectivity index (χ3n) is 5.05. The summed E-state index contributed by atoms with van der Waals surface area (Å²) in [5.41, 5.74) is 2.15. The van der Waals surface area contributed by atoms with Gasteiger partial charge in [0, 0.05) is 42.2 Å². The molecule has 1 aliphatic heterocycles. The number of hydrogen-bond acceptors (Lipinski definition) is 4. The minimum absolute atomic E-state index is 0. The van der Waals surface area contributed by atoms with Crippen LogP contribution in [0, 0.1) is 5.82 Å². The molecule has 1 aliphatic rings. The molecule has 0 amide bonds. The summed E-state index contributed by atoms with van der Waals surface area (Å²) in [6.07, 6.45) is 1.98. The number of benzene rings is 1. The van der Waals surface area contributed by atoms with Crippen molar-refractivity contribution in [3.63, 3.8) is 0 Å². The van der Waals surface area contributed by atoms with Crippen molar-refractivity contribution in [2.24, 2.45) is 4.99 Å². The van der Waals surface area contributed by atoms with E-state index >= 15 is 0 Å². The molecule has 1 aromatic heterocycles. The Kier molecular flexibility index (Phi) is 9.33. The molecule has 0 unspecified atom stereocenters. The fraction of sp³-hybridized carbons (Fsp3) is 0.545. The molecule has 5 nitrogen and oxygen atoms in total. The van der Waals surface area contributed by atoms with Crippen LogP contribution >= 0.6 is 35.3 Å². The van der Waals surface area contributed by atoms with E-state index in [1.165, 1.54) is 6.07 Å². The van der Waals surface area contributed by atoms with E-state index in [9.17, 15) is 4.39 Å². The number of aliphatic imine (C=N–C) groups is 1. The summed E-state index contributed by atoms with van der Waals surface area (Å²) in [5.74, 6) is 0.658. The fourth-order valence-corrected chi connectivity index (χ4v) is 4.29. The minimum Gasteiger partial charge on any atom is -0.371 e. The van der Waals surface area contributed by atoms with Gasteiger partial charge in [-0.1, -0.05) is 26.8 Å². The molecule has 0 bridgehead atoms. The van der Waals surface area contributed by atoms with Crippen molar-refractivity contribution in [1.29, 1.82) is 0 Å². The molecule has 0 radical (unpaired) electrons. The van der Waals surface area contributed by atoms with Crippen LogP contribution in [-0.4, -0.2) is 36.6 Å². The van der Waals surface area contributed by atoms with Gasteiger partial charge in [-0.25, -0.2) is 14.4 Å². The van der Waals surface area contributed by atoms with Gasteiger partial charge in [-0.3, -0.25) is 0 Å². The summed E-state index contributed by atoms with van der Waals surface area (Å²) < 4.78 is 13.5. The molecule has 1 fully saturated rings. The lowest BCUT2D eigenvalue weighted by atomic mass is 9.93. The van der Waals surface area contributed by atoms with Crippen LogP contribution in [0.1, 0.15) is 51.2 Å². The fourth-order valence-electron chi connectivity index (χ4n) is 3.34. The number of nitrogens with one attached hydrogen (secondary N) is 2. The average Bonchev–Trinajstić information content (AvgIpc) is 3.16. The Hall–Kier alpha value is -1.42. The molecule has 0 saturated carbocycles. The number of halogens is 2. The van der Waals surface area contributed by atoms with Gasteiger partial charge in [-0.15, -0.1) is 35.3 Å². The van der Waals surface area contributed by atoms with Crippen LogP contribution in [0.15, 0.2) is 34.6 Å². The second kappa shape index (κ2) is 11.3. The maximum absolute atomic E-state index is 13.5. The standard InChI is InChI=1S/C22H32FN5S.HI/c1-5-24-21(25-14-20-27-19(15-29-20)22(2,3)4)26-17-9-11-28(12-10-17)18-8-6-7-16(23)13-18;/h6-8,13,15,17H,5,9-12,14H2,1-4H3,(H2,24,25,26);1H. The van der Waals surface area contributed by atoms with E-state index in [1.54, 1.807) is 23.5 Å². The van der Waals surface area contributed by atoms with Gasteiger partial charge >= 0.3 is 0 Å². The van der Waals surface area contributed by atoms with E-state index in [1.807, 2.05) is 6.07 Å². The molecular formula is C22H33FIN5S. The van der Waals surface area contributed by atoms with Crippen molar-refractivity contribution >= 4 is 47.0 Å². The van der Waals surface area contributed by atoms with Crippen LogP contribution < -0.4 is 15.5 Å². The summed E-state index contributed by atoms with van der Waals surface area (Å²) in [4.78, 5) is 11.7. The highest BCUT2D eigenvalue weighted by Crippen LogP contribution is 2.24. The van der Waals surface area contributed by atoms with Crippen molar-refractivity contribution in [2.75, 3.05) is 24.5 Å². The third kappa shape index (κ3) is 7.08. The first-order valence-electron chi connectivity index (χ1n) is 10.4. The maximum atomic E-state index is 13.5. The first-order valence-corrected chi connectivity index (χ1v) is 11.2. The first kappa shape index (κ1) is 24.8. The van der Waals surface area contributed by atoms with Crippen molar-refractivity contribution in [3.8, 4) is 0 Å². The highest BCUT2D eigenvalue weighted by molar-refractivity contribution is 14.0. The number of piperidine rings is 1. The topological polar surface area (TPSA) is 52.6 Å². The van der Waals surface area contributed by atoms with Gasteiger partial charge in [0.05, 0.1) is 12.2 Å². The van der Waals surface area contributed by atoms with E-state index in [0.29, 0.717) is 12.6 Å². The van der Waals surface area contributed by atoms with E-state index < -0.39 is 0 Å². The van der Waals surface area contributed by atoms with Crippen LogP contribution in [0.5, 0.6) is 0 Å². The number of thiazole rings is 1. The van der Waals surface area contributed by atoms with Crippen LogP contribution in [0.3, 0.4) is 0 Å². The molecule has 1 saturated heterocycles. The van der Waals surface area contributed by atoms with Crippen LogP contribution in [0.4, 0.5) is 10.1 Å². The monoisotopic (exact) mass is 545 g/mol. The number of aromatic nitrogens is 1. The summed E-state index contributed by atoms with van der Waals surface area (Å²) >= 11 is 1.67. The van der Waals surface area contributed by atoms with Gasteiger partial charge in [0.25, 0.3) is 0 Å². The maximum Gasteiger partial charge on any atom is 0.191 e. The molecule has 0 aliphatic carbocycles. The molecular weight excluding hydrogens is 512 g/mol. The Labute approximate surface area is 200 Å². The predicted molar refractivity (Wildman–Crippen MR) is 136 cm³/mol. The Morgan fingerprint density at radius 1 is 1.30 bits per heavy atom. The average molecular weight is 546 g/mol. The van der Waals surface area contributed by atoms with Gasteiger partial charge in [-0.05, 0) is 38.0 Å². The molecule has 2 N–H and O–H groups in total. The molecule has 2 heterocycles. The van der Waals surface area contributed by atoms with Crippen LogP contribution in [-0.2, 0) is 12.0 Å². The SMILES string of the molecule is CCNC(=NCc1nc(C(C)(C)C)cs1)NC1CCN(c2cccc(F)c2)CC1.I. The summed E-state index contributed by atoms with van der Waals surface area (Å²) in [5, 5.41) is 10.1. The number of nitrogens with zero attached hydrogens (tertiary/aromatic N) is 3. The Morgan fingerprint density at radius 3 is 2.63 bits per heavy atom. The van der Waals surface area contributed by atoms with Crippen molar-refractivity contribution in [2.45, 2.75) is 58.5 Å². The predicted octanol–water partition coefficient (Wildman–Crippen LogP) is 4.92. The van der Waals surface area contributed by atoms with E-state index in [4.69, 9.17) is 9.98 Å². The van der Waals surface area contributed by atoms with Crippen LogP contribution in [0.25, 0.3) is 0 Å². The van der Waals surface area contributed by atoms with E-state index in [2.05, 4.69) is 48.6 Å². The van der Waals surface area contributed by atoms with Crippen LogP contribution in [0.2, 0.25) is 0 Å². The second-order valence-corrected chi connectivity index (χ2v) is 9.40. The van der Waals surface area contributed by atoms with E-state index in [-0.39, 0.29) is 35.2 Å². The lowest BCUT2D eigenvalue weighted by molar-refractivity contribution is 0.461. The summed E-state index contributed by atoms with van der Waals surface area (Å²) in [6, 6.07) is 7.21. The Bertz CT molecular complexity index is 825. The number of hydrogen-bond donors (Lipinski definition) is 2. The highest BCUT2D eigenvalue weighted by atomic mass is 127. The number of rotatable bonds is 5. The van der Waals surface area contributed by atoms with Gasteiger partial charge in [0.2, 0.25) is 0 Å². The van der Waals surface area contributed by atoms with Gasteiger partial charge in [-0.2, -0.15) is 0 Å². The molecule has 2 aromatic rings. The zero-order chi connectivity index (χ0) is 20.9. The molecule has 166 valence electrons. The normalized spacial score (nSPS) is 15.6. The van der Waals surface area contributed by atoms with Gasteiger partial charge in [0.1, 0.15) is 10.8 Å².